The van der Waals surface area contributed by atoms with E-state index in [2.05, 4.69) is 5.10 Å². The number of hydrogen-bond acceptors (Lipinski definition) is 3. The van der Waals surface area contributed by atoms with Crippen LogP contribution in [0.25, 0.3) is 39.2 Å². The van der Waals surface area contributed by atoms with Gasteiger partial charge in [0.15, 0.2) is 5.65 Å². The molecule has 0 spiro atoms. The molecule has 41 heavy (non-hydrogen) atoms. The highest BCUT2D eigenvalue weighted by atomic mass is 35.5. The number of alkyl halides is 3. The van der Waals surface area contributed by atoms with Crippen LogP contribution in [0.5, 0.6) is 5.75 Å². The van der Waals surface area contributed by atoms with Crippen LogP contribution in [0.15, 0.2) is 109 Å². The number of nitrogens with zero attached hydrogens (tertiary/aromatic N) is 3. The van der Waals surface area contributed by atoms with E-state index >= 15 is 0 Å². The molecule has 6 aromatic rings. The number of aromatic nitrogens is 3. The summed E-state index contributed by atoms with van der Waals surface area (Å²) in [6.07, 6.45) is -4.66. The minimum absolute atomic E-state index is 0.0760. The molecule has 0 aliphatic carbocycles. The molecule has 0 unspecified atom stereocenters. The van der Waals surface area contributed by atoms with Gasteiger partial charge in [-0.05, 0) is 61.0 Å². The molecule has 0 aliphatic rings. The first-order valence-corrected chi connectivity index (χ1v) is 13.3. The Balaban J connectivity index is 1.50. The standard InChI is InChI=1S/C33H23ClF3N3O/c1-21-10-12-24(13-11-21)31-30-28(33(35,36)37)19-29(38-32(30)40(39-31)26-9-5-8-25(34)18-26)23-14-16-27(17-15-23)41-20-22-6-3-2-4-7-22/h2-19H,20H2,1H3. The monoisotopic (exact) mass is 569 g/mol. The molecule has 4 aromatic carbocycles. The molecule has 4 nitrogen and oxygen atoms in total. The summed E-state index contributed by atoms with van der Waals surface area (Å²) in [5.41, 5.74) is 3.19. The fourth-order valence-electron chi connectivity index (χ4n) is 4.65. The molecule has 0 amide bonds. The molecule has 0 bridgehead atoms. The first kappa shape index (κ1) is 26.6. The van der Waals surface area contributed by atoms with E-state index < -0.39 is 11.7 Å². The van der Waals surface area contributed by atoms with E-state index in [4.69, 9.17) is 21.3 Å². The fraction of sp³-hybridized carbons (Fsp3) is 0.0909. The lowest BCUT2D eigenvalue weighted by Crippen LogP contribution is -2.08. The maximum Gasteiger partial charge on any atom is 0.417 e. The molecule has 2 aromatic heterocycles. The highest BCUT2D eigenvalue weighted by Gasteiger charge is 2.36. The van der Waals surface area contributed by atoms with Gasteiger partial charge in [-0.2, -0.15) is 18.3 Å². The van der Waals surface area contributed by atoms with Gasteiger partial charge in [0.1, 0.15) is 18.1 Å². The van der Waals surface area contributed by atoms with Crippen molar-refractivity contribution >= 4 is 22.6 Å². The third kappa shape index (κ3) is 5.54. The van der Waals surface area contributed by atoms with Gasteiger partial charge in [-0.15, -0.1) is 0 Å². The Morgan fingerprint density at radius 1 is 0.805 bits per heavy atom. The Morgan fingerprint density at radius 3 is 2.20 bits per heavy atom. The SMILES string of the molecule is Cc1ccc(-c2nn(-c3cccc(Cl)c3)c3nc(-c4ccc(OCc5ccccc5)cc4)cc(C(F)(F)F)c23)cc1. The summed E-state index contributed by atoms with van der Waals surface area (Å²) in [6.45, 7) is 2.29. The van der Waals surface area contributed by atoms with Gasteiger partial charge in [0.05, 0.1) is 22.3 Å². The van der Waals surface area contributed by atoms with Crippen LogP contribution < -0.4 is 4.74 Å². The Hall–Kier alpha value is -4.62. The number of aryl methyl sites for hydroxylation is 1. The van der Waals surface area contributed by atoms with Crippen LogP contribution in [0.3, 0.4) is 0 Å². The number of hydrogen-bond donors (Lipinski definition) is 0. The maximum absolute atomic E-state index is 14.7. The summed E-state index contributed by atoms with van der Waals surface area (Å²) in [4.78, 5) is 4.73. The van der Waals surface area contributed by atoms with E-state index in [1.165, 1.54) is 4.68 Å². The van der Waals surface area contributed by atoms with Crippen LogP contribution in [0, 0.1) is 6.92 Å². The van der Waals surface area contributed by atoms with Gasteiger partial charge in [0.25, 0.3) is 0 Å². The third-order valence-electron chi connectivity index (χ3n) is 6.72. The highest BCUT2D eigenvalue weighted by Crippen LogP contribution is 2.42. The third-order valence-corrected chi connectivity index (χ3v) is 6.95. The van der Waals surface area contributed by atoms with Crippen LogP contribution in [-0.2, 0) is 12.8 Å². The Morgan fingerprint density at radius 2 is 1.51 bits per heavy atom. The van der Waals surface area contributed by atoms with Crippen LogP contribution in [-0.4, -0.2) is 14.8 Å². The fourth-order valence-corrected chi connectivity index (χ4v) is 4.84. The van der Waals surface area contributed by atoms with Crippen molar-refractivity contribution < 1.29 is 17.9 Å². The molecule has 0 aliphatic heterocycles. The van der Waals surface area contributed by atoms with Crippen molar-refractivity contribution in [2.45, 2.75) is 19.7 Å². The highest BCUT2D eigenvalue weighted by molar-refractivity contribution is 6.30. The van der Waals surface area contributed by atoms with Crippen LogP contribution >= 0.6 is 11.6 Å². The second kappa shape index (κ2) is 10.7. The van der Waals surface area contributed by atoms with Crippen molar-refractivity contribution in [1.29, 1.82) is 0 Å². The number of benzene rings is 4. The van der Waals surface area contributed by atoms with Gasteiger partial charge < -0.3 is 4.74 Å². The van der Waals surface area contributed by atoms with Crippen LogP contribution in [0.4, 0.5) is 13.2 Å². The van der Waals surface area contributed by atoms with E-state index in [1.807, 2.05) is 49.4 Å². The number of halogens is 4. The molecule has 0 atom stereocenters. The lowest BCUT2D eigenvalue weighted by atomic mass is 10.0. The normalized spacial score (nSPS) is 11.6. The van der Waals surface area contributed by atoms with Crippen molar-refractivity contribution in [2.75, 3.05) is 0 Å². The molecule has 0 saturated carbocycles. The molecular weight excluding hydrogens is 547 g/mol. The Labute approximate surface area is 239 Å². The maximum atomic E-state index is 14.7. The summed E-state index contributed by atoms with van der Waals surface area (Å²) >= 11 is 6.24. The number of pyridine rings is 1. The topological polar surface area (TPSA) is 39.9 Å². The zero-order chi connectivity index (χ0) is 28.6. The zero-order valence-electron chi connectivity index (χ0n) is 21.9. The molecule has 0 radical (unpaired) electrons. The zero-order valence-corrected chi connectivity index (χ0v) is 22.6. The van der Waals surface area contributed by atoms with E-state index in [0.29, 0.717) is 34.2 Å². The number of ether oxygens (including phenoxy) is 1. The first-order chi connectivity index (χ1) is 19.8. The van der Waals surface area contributed by atoms with Gasteiger partial charge in [-0.1, -0.05) is 77.8 Å². The Kier molecular flexibility index (Phi) is 6.97. The van der Waals surface area contributed by atoms with Gasteiger partial charge in [-0.25, -0.2) is 9.67 Å². The van der Waals surface area contributed by atoms with Crippen LogP contribution in [0.2, 0.25) is 5.02 Å². The number of fused-ring (bicyclic) bond motifs is 1. The van der Waals surface area contributed by atoms with Crippen molar-refractivity contribution in [3.05, 3.63) is 131 Å². The Bertz CT molecular complexity index is 1830. The molecule has 6 rings (SSSR count). The summed E-state index contributed by atoms with van der Waals surface area (Å²) < 4.78 is 51.3. The first-order valence-electron chi connectivity index (χ1n) is 12.9. The minimum atomic E-state index is -4.66. The van der Waals surface area contributed by atoms with Crippen molar-refractivity contribution in [2.24, 2.45) is 0 Å². The van der Waals surface area contributed by atoms with Gasteiger partial charge in [0.2, 0.25) is 0 Å². The summed E-state index contributed by atoms with van der Waals surface area (Å²) in [5, 5.41) is 5.01. The van der Waals surface area contributed by atoms with Crippen molar-refractivity contribution in [3.8, 4) is 34.0 Å². The lowest BCUT2D eigenvalue weighted by molar-refractivity contribution is -0.136. The van der Waals surface area contributed by atoms with E-state index in [9.17, 15) is 13.2 Å². The largest absolute Gasteiger partial charge is 0.489 e. The van der Waals surface area contributed by atoms with Crippen LogP contribution in [0.1, 0.15) is 16.7 Å². The molecule has 0 N–H and O–H groups in total. The predicted molar refractivity (Wildman–Crippen MR) is 155 cm³/mol. The van der Waals surface area contributed by atoms with E-state index in [0.717, 1.165) is 17.2 Å². The molecule has 204 valence electrons. The average Bonchev–Trinajstić information content (AvgIpc) is 3.36. The predicted octanol–water partition coefficient (Wildman–Crippen LogP) is 9.31. The summed E-state index contributed by atoms with van der Waals surface area (Å²) in [5.74, 6) is 0.598. The molecule has 0 saturated heterocycles. The average molecular weight is 570 g/mol. The van der Waals surface area contributed by atoms with Gasteiger partial charge in [0, 0.05) is 16.1 Å². The summed E-state index contributed by atoms with van der Waals surface area (Å²) in [7, 11) is 0. The molecule has 0 fully saturated rings. The van der Waals surface area contributed by atoms with Gasteiger partial charge in [-0.3, -0.25) is 0 Å². The van der Waals surface area contributed by atoms with Crippen molar-refractivity contribution in [1.82, 2.24) is 14.8 Å². The molecule has 8 heteroatoms. The van der Waals surface area contributed by atoms with Gasteiger partial charge >= 0.3 is 6.18 Å². The van der Waals surface area contributed by atoms with E-state index in [-0.39, 0.29) is 22.4 Å². The quantitative estimate of drug-likeness (QED) is 0.201. The summed E-state index contributed by atoms with van der Waals surface area (Å²) in [6, 6.07) is 31.7. The second-order valence-corrected chi connectivity index (χ2v) is 10.1. The van der Waals surface area contributed by atoms with E-state index in [1.54, 1.807) is 60.7 Å². The molecule has 2 heterocycles. The molecular formula is C33H23ClF3N3O. The minimum Gasteiger partial charge on any atom is -0.489 e. The second-order valence-electron chi connectivity index (χ2n) is 9.66. The van der Waals surface area contributed by atoms with Crippen molar-refractivity contribution in [3.63, 3.8) is 0 Å². The smallest absolute Gasteiger partial charge is 0.417 e. The lowest BCUT2D eigenvalue weighted by Gasteiger charge is -2.13. The number of rotatable bonds is 6.